The Morgan fingerprint density at radius 3 is 2.54 bits per heavy atom. The van der Waals surface area contributed by atoms with Gasteiger partial charge in [-0.05, 0) is 25.5 Å². The molecule has 0 unspecified atom stereocenters. The number of pyridine rings is 1. The zero-order chi connectivity index (χ0) is 9.14. The van der Waals surface area contributed by atoms with Crippen LogP contribution in [0.5, 0.6) is 5.88 Å². The molecule has 0 saturated heterocycles. The number of halogens is 1. The SMILES string of the molecule is COc1nc(C)cc(C)c1CN.Cl. The molecule has 0 amide bonds. The molecule has 74 valence electrons. The van der Waals surface area contributed by atoms with E-state index < -0.39 is 0 Å². The molecule has 0 aliphatic rings. The third-order valence-electron chi connectivity index (χ3n) is 1.83. The maximum atomic E-state index is 5.56. The Labute approximate surface area is 84.7 Å². The second kappa shape index (κ2) is 5.04. The molecule has 0 aromatic carbocycles. The fraction of sp³-hybridized carbons (Fsp3) is 0.444. The Bertz CT molecular complexity index is 289. The van der Waals surface area contributed by atoms with E-state index in [1.54, 1.807) is 7.11 Å². The second-order valence-electron chi connectivity index (χ2n) is 2.77. The van der Waals surface area contributed by atoms with Crippen LogP contribution < -0.4 is 10.5 Å². The van der Waals surface area contributed by atoms with Crippen LogP contribution in [0.3, 0.4) is 0 Å². The van der Waals surface area contributed by atoms with E-state index in [0.717, 1.165) is 16.8 Å². The molecule has 0 radical (unpaired) electrons. The van der Waals surface area contributed by atoms with Gasteiger partial charge in [-0.15, -0.1) is 12.4 Å². The molecule has 0 aliphatic heterocycles. The van der Waals surface area contributed by atoms with Crippen molar-refractivity contribution in [2.75, 3.05) is 7.11 Å². The van der Waals surface area contributed by atoms with Crippen LogP contribution in [0.1, 0.15) is 16.8 Å². The molecule has 1 rings (SSSR count). The lowest BCUT2D eigenvalue weighted by Crippen LogP contribution is -2.05. The summed E-state index contributed by atoms with van der Waals surface area (Å²) in [6.45, 7) is 4.43. The largest absolute Gasteiger partial charge is 0.481 e. The first kappa shape index (κ1) is 12.2. The number of aromatic nitrogens is 1. The van der Waals surface area contributed by atoms with Crippen LogP contribution in [0.2, 0.25) is 0 Å². The van der Waals surface area contributed by atoms with E-state index in [1.807, 2.05) is 19.9 Å². The molecule has 0 atom stereocenters. The van der Waals surface area contributed by atoms with Gasteiger partial charge >= 0.3 is 0 Å². The van der Waals surface area contributed by atoms with Gasteiger partial charge < -0.3 is 10.5 Å². The molecular weight excluding hydrogens is 188 g/mol. The molecule has 1 heterocycles. The first-order valence-electron chi connectivity index (χ1n) is 3.90. The van der Waals surface area contributed by atoms with Crippen molar-refractivity contribution in [2.24, 2.45) is 5.73 Å². The van der Waals surface area contributed by atoms with E-state index >= 15 is 0 Å². The molecule has 2 N–H and O–H groups in total. The van der Waals surface area contributed by atoms with Gasteiger partial charge in [0.15, 0.2) is 0 Å². The summed E-state index contributed by atoms with van der Waals surface area (Å²) in [7, 11) is 1.61. The number of hydrogen-bond acceptors (Lipinski definition) is 3. The average molecular weight is 203 g/mol. The molecule has 13 heavy (non-hydrogen) atoms. The average Bonchev–Trinajstić information content (AvgIpc) is 2.03. The van der Waals surface area contributed by atoms with Gasteiger partial charge in [-0.3, -0.25) is 0 Å². The molecule has 3 nitrogen and oxygen atoms in total. The fourth-order valence-corrected chi connectivity index (χ4v) is 1.25. The number of hydrogen-bond donors (Lipinski definition) is 1. The van der Waals surface area contributed by atoms with E-state index in [9.17, 15) is 0 Å². The van der Waals surface area contributed by atoms with Crippen molar-refractivity contribution in [3.63, 3.8) is 0 Å². The zero-order valence-electron chi connectivity index (χ0n) is 8.13. The molecular formula is C9H15ClN2O. The van der Waals surface area contributed by atoms with Gasteiger partial charge in [0, 0.05) is 17.8 Å². The lowest BCUT2D eigenvalue weighted by molar-refractivity contribution is 0.391. The van der Waals surface area contributed by atoms with Crippen LogP contribution in [0, 0.1) is 13.8 Å². The van der Waals surface area contributed by atoms with Crippen LogP contribution in [-0.4, -0.2) is 12.1 Å². The Morgan fingerprint density at radius 1 is 1.46 bits per heavy atom. The molecule has 1 aromatic rings. The van der Waals surface area contributed by atoms with Gasteiger partial charge in [-0.1, -0.05) is 0 Å². The second-order valence-corrected chi connectivity index (χ2v) is 2.77. The van der Waals surface area contributed by atoms with Gasteiger partial charge in [0.2, 0.25) is 5.88 Å². The van der Waals surface area contributed by atoms with Crippen molar-refractivity contribution >= 4 is 12.4 Å². The molecule has 0 fully saturated rings. The van der Waals surface area contributed by atoms with Crippen molar-refractivity contribution in [2.45, 2.75) is 20.4 Å². The normalized spacial score (nSPS) is 9.23. The van der Waals surface area contributed by atoms with E-state index in [1.165, 1.54) is 0 Å². The van der Waals surface area contributed by atoms with Crippen molar-refractivity contribution in [1.29, 1.82) is 0 Å². The summed E-state index contributed by atoms with van der Waals surface area (Å²) in [5.74, 6) is 0.648. The van der Waals surface area contributed by atoms with Crippen LogP contribution in [-0.2, 0) is 6.54 Å². The standard InChI is InChI=1S/C9H14N2O.ClH/c1-6-4-7(2)11-9(12-3)8(6)5-10;/h4H,5,10H2,1-3H3;1H. The molecule has 0 spiro atoms. The highest BCUT2D eigenvalue weighted by Gasteiger charge is 2.06. The van der Waals surface area contributed by atoms with Gasteiger partial charge in [-0.25, -0.2) is 4.98 Å². The van der Waals surface area contributed by atoms with Crippen LogP contribution >= 0.6 is 12.4 Å². The minimum atomic E-state index is 0. The maximum absolute atomic E-state index is 5.56. The Kier molecular flexibility index (Phi) is 4.73. The lowest BCUT2D eigenvalue weighted by atomic mass is 10.1. The van der Waals surface area contributed by atoms with Crippen molar-refractivity contribution in [3.8, 4) is 5.88 Å². The van der Waals surface area contributed by atoms with Gasteiger partial charge in [-0.2, -0.15) is 0 Å². The Hall–Kier alpha value is -0.800. The minimum absolute atomic E-state index is 0. The smallest absolute Gasteiger partial charge is 0.218 e. The minimum Gasteiger partial charge on any atom is -0.481 e. The molecule has 0 aliphatic carbocycles. The summed E-state index contributed by atoms with van der Waals surface area (Å²) >= 11 is 0. The highest BCUT2D eigenvalue weighted by Crippen LogP contribution is 2.19. The maximum Gasteiger partial charge on any atom is 0.218 e. The predicted octanol–water partition coefficient (Wildman–Crippen LogP) is 1.59. The molecule has 4 heteroatoms. The van der Waals surface area contributed by atoms with E-state index in [-0.39, 0.29) is 12.4 Å². The highest BCUT2D eigenvalue weighted by molar-refractivity contribution is 5.85. The Balaban J connectivity index is 0.00000144. The third-order valence-corrected chi connectivity index (χ3v) is 1.83. The highest BCUT2D eigenvalue weighted by atomic mass is 35.5. The topological polar surface area (TPSA) is 48.1 Å². The number of aryl methyl sites for hydroxylation is 2. The summed E-state index contributed by atoms with van der Waals surface area (Å²) in [5, 5.41) is 0. The van der Waals surface area contributed by atoms with Gasteiger partial charge in [0.05, 0.1) is 7.11 Å². The quantitative estimate of drug-likeness (QED) is 0.793. The van der Waals surface area contributed by atoms with Crippen LogP contribution in [0.4, 0.5) is 0 Å². The molecule has 0 saturated carbocycles. The number of methoxy groups -OCH3 is 1. The number of nitrogens with two attached hydrogens (primary N) is 1. The number of nitrogens with zero attached hydrogens (tertiary/aromatic N) is 1. The monoisotopic (exact) mass is 202 g/mol. The molecule has 0 bridgehead atoms. The predicted molar refractivity (Wildman–Crippen MR) is 55.4 cm³/mol. The summed E-state index contributed by atoms with van der Waals surface area (Å²) < 4.78 is 5.11. The summed E-state index contributed by atoms with van der Waals surface area (Å²) in [5.41, 5.74) is 8.65. The van der Waals surface area contributed by atoms with Gasteiger partial charge in [0.1, 0.15) is 0 Å². The first-order valence-corrected chi connectivity index (χ1v) is 3.90. The first-order chi connectivity index (χ1) is 5.69. The Morgan fingerprint density at radius 2 is 2.08 bits per heavy atom. The number of rotatable bonds is 2. The van der Waals surface area contributed by atoms with Crippen molar-refractivity contribution in [1.82, 2.24) is 4.98 Å². The van der Waals surface area contributed by atoms with Crippen LogP contribution in [0.15, 0.2) is 6.07 Å². The summed E-state index contributed by atoms with van der Waals surface area (Å²) in [6, 6.07) is 2.00. The van der Waals surface area contributed by atoms with E-state index in [2.05, 4.69) is 4.98 Å². The van der Waals surface area contributed by atoms with Crippen LogP contribution in [0.25, 0.3) is 0 Å². The lowest BCUT2D eigenvalue weighted by Gasteiger charge is -2.09. The summed E-state index contributed by atoms with van der Waals surface area (Å²) in [6.07, 6.45) is 0. The fourth-order valence-electron chi connectivity index (χ4n) is 1.25. The van der Waals surface area contributed by atoms with Crippen molar-refractivity contribution < 1.29 is 4.74 Å². The third kappa shape index (κ3) is 2.57. The van der Waals surface area contributed by atoms with Crippen molar-refractivity contribution in [3.05, 3.63) is 22.9 Å². The number of ether oxygens (including phenoxy) is 1. The van der Waals surface area contributed by atoms with E-state index in [4.69, 9.17) is 10.5 Å². The molecule has 1 aromatic heterocycles. The summed E-state index contributed by atoms with van der Waals surface area (Å²) in [4.78, 5) is 4.22. The zero-order valence-corrected chi connectivity index (χ0v) is 8.94. The van der Waals surface area contributed by atoms with E-state index in [0.29, 0.717) is 12.4 Å². The van der Waals surface area contributed by atoms with Gasteiger partial charge in [0.25, 0.3) is 0 Å².